The van der Waals surface area contributed by atoms with E-state index in [-0.39, 0.29) is 16.2 Å². The molecule has 0 unspecified atom stereocenters. The average Bonchev–Trinajstić information content (AvgIpc) is 2.26. The van der Waals surface area contributed by atoms with Gasteiger partial charge in [0, 0.05) is 29.2 Å². The summed E-state index contributed by atoms with van der Waals surface area (Å²) in [6.07, 6.45) is 0. The van der Waals surface area contributed by atoms with Gasteiger partial charge in [-0.1, -0.05) is 31.9 Å². The van der Waals surface area contributed by atoms with Crippen LogP contribution in [0, 0.1) is 11.6 Å². The van der Waals surface area contributed by atoms with Gasteiger partial charge in [-0.05, 0) is 12.1 Å². The number of rotatable bonds is 4. The van der Waals surface area contributed by atoms with Crippen LogP contribution in [0.4, 0.5) is 8.78 Å². The molecule has 6 heteroatoms. The molecule has 0 saturated heterocycles. The number of carbonyl (C=O) groups is 1. The first kappa shape index (κ1) is 14.6. The van der Waals surface area contributed by atoms with Crippen molar-refractivity contribution in [1.82, 2.24) is 0 Å². The smallest absolute Gasteiger partial charge is 0.303 e. The van der Waals surface area contributed by atoms with Gasteiger partial charge >= 0.3 is 5.97 Å². The average molecular weight is 372 g/mol. The van der Waals surface area contributed by atoms with Crippen LogP contribution in [0.3, 0.4) is 0 Å². The van der Waals surface area contributed by atoms with Crippen LogP contribution in [0.15, 0.2) is 18.2 Å². The Morgan fingerprint density at radius 1 is 1.35 bits per heavy atom. The predicted molar refractivity (Wildman–Crippen MR) is 67.4 cm³/mol. The maximum atomic E-state index is 13.7. The van der Waals surface area contributed by atoms with Crippen LogP contribution in [0.1, 0.15) is 12.5 Å². The first-order chi connectivity index (χ1) is 7.95. The highest BCUT2D eigenvalue weighted by atomic mass is 79.9. The molecule has 0 amide bonds. The summed E-state index contributed by atoms with van der Waals surface area (Å²) in [5.74, 6) is -1.95. The third-order valence-electron chi connectivity index (χ3n) is 2.19. The van der Waals surface area contributed by atoms with Crippen molar-refractivity contribution in [1.29, 1.82) is 0 Å². The Balaban J connectivity index is 3.25. The molecule has 0 aliphatic rings. The lowest BCUT2D eigenvalue weighted by atomic mass is 9.97. The van der Waals surface area contributed by atoms with Crippen LogP contribution >= 0.6 is 31.9 Å². The standard InChI is InChI=1S/C11H10Br2F2O2/c1-7(16)17-11(5-12,6-13)9-3-2-8(14)4-10(9)15/h2-4H,5-6H2,1H3. The van der Waals surface area contributed by atoms with Crippen molar-refractivity contribution >= 4 is 37.8 Å². The first-order valence-electron chi connectivity index (χ1n) is 4.72. The minimum atomic E-state index is -1.18. The van der Waals surface area contributed by atoms with E-state index < -0.39 is 23.2 Å². The molecule has 0 aliphatic heterocycles. The summed E-state index contributed by atoms with van der Waals surface area (Å²) in [5, 5.41) is 0.404. The van der Waals surface area contributed by atoms with Gasteiger partial charge in [0.25, 0.3) is 0 Å². The normalized spacial score (nSPS) is 11.4. The van der Waals surface area contributed by atoms with E-state index in [2.05, 4.69) is 31.9 Å². The molecule has 1 aromatic carbocycles. The van der Waals surface area contributed by atoms with Gasteiger partial charge in [0.2, 0.25) is 0 Å². The van der Waals surface area contributed by atoms with Crippen LogP contribution in [-0.4, -0.2) is 16.6 Å². The molecular formula is C11H10Br2F2O2. The topological polar surface area (TPSA) is 26.3 Å². The second-order valence-electron chi connectivity index (χ2n) is 3.48. The van der Waals surface area contributed by atoms with E-state index in [1.54, 1.807) is 0 Å². The third kappa shape index (κ3) is 3.25. The molecule has 2 nitrogen and oxygen atoms in total. The molecule has 94 valence electrons. The summed E-state index contributed by atoms with van der Waals surface area (Å²) < 4.78 is 31.7. The van der Waals surface area contributed by atoms with Gasteiger partial charge in [0.05, 0.1) is 0 Å². The predicted octanol–water partition coefficient (Wildman–Crippen LogP) is 3.51. The number of ether oxygens (including phenoxy) is 1. The quantitative estimate of drug-likeness (QED) is 0.598. The minimum absolute atomic E-state index is 0.128. The highest BCUT2D eigenvalue weighted by Crippen LogP contribution is 2.32. The van der Waals surface area contributed by atoms with Crippen molar-refractivity contribution in [2.75, 3.05) is 10.7 Å². The fourth-order valence-corrected chi connectivity index (χ4v) is 3.18. The number of hydrogen-bond donors (Lipinski definition) is 0. The van der Waals surface area contributed by atoms with E-state index in [9.17, 15) is 13.6 Å². The van der Waals surface area contributed by atoms with Crippen molar-refractivity contribution in [2.45, 2.75) is 12.5 Å². The van der Waals surface area contributed by atoms with E-state index in [1.807, 2.05) is 0 Å². The summed E-state index contributed by atoms with van der Waals surface area (Å²) in [6, 6.07) is 3.16. The Hall–Kier alpha value is -0.490. The summed E-state index contributed by atoms with van der Waals surface area (Å²) in [6.45, 7) is 1.24. The summed E-state index contributed by atoms with van der Waals surface area (Å²) in [4.78, 5) is 11.1. The molecule has 0 saturated carbocycles. The zero-order valence-corrected chi connectivity index (χ0v) is 12.1. The highest BCUT2D eigenvalue weighted by Gasteiger charge is 2.36. The molecule has 0 radical (unpaired) electrons. The second kappa shape index (κ2) is 5.91. The van der Waals surface area contributed by atoms with E-state index >= 15 is 0 Å². The van der Waals surface area contributed by atoms with Crippen molar-refractivity contribution in [3.05, 3.63) is 35.4 Å². The van der Waals surface area contributed by atoms with Gasteiger partial charge in [0.1, 0.15) is 11.6 Å². The maximum Gasteiger partial charge on any atom is 0.303 e. The van der Waals surface area contributed by atoms with E-state index in [4.69, 9.17) is 4.74 Å². The van der Waals surface area contributed by atoms with Crippen LogP contribution in [0.25, 0.3) is 0 Å². The molecule has 0 bridgehead atoms. The fraction of sp³-hybridized carbons (Fsp3) is 0.364. The fourth-order valence-electron chi connectivity index (χ4n) is 1.42. The van der Waals surface area contributed by atoms with Gasteiger partial charge in [-0.3, -0.25) is 4.79 Å². The number of alkyl halides is 2. The Labute approximate surface area is 115 Å². The molecule has 0 heterocycles. The van der Waals surface area contributed by atoms with Crippen molar-refractivity contribution < 1.29 is 18.3 Å². The maximum absolute atomic E-state index is 13.7. The number of carbonyl (C=O) groups excluding carboxylic acids is 1. The molecule has 0 spiro atoms. The first-order valence-corrected chi connectivity index (χ1v) is 6.96. The minimum Gasteiger partial charge on any atom is -0.452 e. The highest BCUT2D eigenvalue weighted by molar-refractivity contribution is 9.09. The lowest BCUT2D eigenvalue weighted by Crippen LogP contribution is -2.36. The van der Waals surface area contributed by atoms with Gasteiger partial charge in [-0.15, -0.1) is 0 Å². The van der Waals surface area contributed by atoms with Crippen LogP contribution < -0.4 is 0 Å². The number of esters is 1. The molecule has 1 rings (SSSR count). The molecule has 0 N–H and O–H groups in total. The Kier molecular flexibility index (Phi) is 5.06. The molecule has 0 aromatic heterocycles. The van der Waals surface area contributed by atoms with E-state index in [0.29, 0.717) is 0 Å². The Bertz CT molecular complexity index is 420. The zero-order chi connectivity index (χ0) is 13.1. The van der Waals surface area contributed by atoms with E-state index in [1.165, 1.54) is 13.0 Å². The zero-order valence-electron chi connectivity index (χ0n) is 8.97. The molecule has 17 heavy (non-hydrogen) atoms. The van der Waals surface area contributed by atoms with Gasteiger partial charge in [-0.2, -0.15) is 0 Å². The summed E-state index contributed by atoms with van der Waals surface area (Å²) in [5.41, 5.74) is -1.05. The second-order valence-corrected chi connectivity index (χ2v) is 4.60. The van der Waals surface area contributed by atoms with Gasteiger partial charge in [0.15, 0.2) is 5.60 Å². The van der Waals surface area contributed by atoms with Gasteiger partial charge < -0.3 is 4.74 Å². The number of hydrogen-bond acceptors (Lipinski definition) is 2. The number of benzene rings is 1. The number of halogens is 4. The van der Waals surface area contributed by atoms with E-state index in [0.717, 1.165) is 12.1 Å². The van der Waals surface area contributed by atoms with Crippen LogP contribution in [-0.2, 0) is 15.1 Å². The summed E-state index contributed by atoms with van der Waals surface area (Å²) in [7, 11) is 0. The lowest BCUT2D eigenvalue weighted by molar-refractivity contribution is -0.153. The molecule has 0 atom stereocenters. The van der Waals surface area contributed by atoms with Crippen LogP contribution in [0.2, 0.25) is 0 Å². The molecule has 0 fully saturated rings. The largest absolute Gasteiger partial charge is 0.452 e. The summed E-state index contributed by atoms with van der Waals surface area (Å²) >= 11 is 6.37. The van der Waals surface area contributed by atoms with Crippen molar-refractivity contribution in [3.8, 4) is 0 Å². The molecule has 0 aliphatic carbocycles. The van der Waals surface area contributed by atoms with Crippen molar-refractivity contribution in [3.63, 3.8) is 0 Å². The Morgan fingerprint density at radius 2 is 1.94 bits per heavy atom. The molecular weight excluding hydrogens is 362 g/mol. The Morgan fingerprint density at radius 3 is 2.35 bits per heavy atom. The molecule has 1 aromatic rings. The van der Waals surface area contributed by atoms with Crippen molar-refractivity contribution in [2.24, 2.45) is 0 Å². The monoisotopic (exact) mass is 370 g/mol. The van der Waals surface area contributed by atoms with Gasteiger partial charge in [-0.25, -0.2) is 8.78 Å². The SMILES string of the molecule is CC(=O)OC(CBr)(CBr)c1ccc(F)cc1F. The third-order valence-corrected chi connectivity index (χ3v) is 4.00. The lowest BCUT2D eigenvalue weighted by Gasteiger charge is -2.30. The van der Waals surface area contributed by atoms with Crippen LogP contribution in [0.5, 0.6) is 0 Å².